The molecular weight excluding hydrogens is 562 g/mol. The molecule has 0 atom stereocenters. The second kappa shape index (κ2) is 12.0. The van der Waals surface area contributed by atoms with Gasteiger partial charge in [0.05, 0.1) is 5.69 Å². The van der Waals surface area contributed by atoms with E-state index in [2.05, 4.69) is 71.7 Å². The Morgan fingerprint density at radius 1 is 0.370 bits per heavy atom. The van der Waals surface area contributed by atoms with Crippen LogP contribution in [0.4, 0.5) is 0 Å². The third kappa shape index (κ3) is 5.42. The van der Waals surface area contributed by atoms with Gasteiger partial charge in [-0.1, -0.05) is 115 Å². The molecule has 0 aliphatic carbocycles. The molecule has 3 heterocycles. The van der Waals surface area contributed by atoms with Gasteiger partial charge in [0, 0.05) is 51.8 Å². The van der Waals surface area contributed by atoms with Crippen LogP contribution in [0.5, 0.6) is 0 Å². The molecule has 46 heavy (non-hydrogen) atoms. The summed E-state index contributed by atoms with van der Waals surface area (Å²) in [5.41, 5.74) is 8.81. The number of hydrogen-bond donors (Lipinski definition) is 0. The molecule has 0 fully saturated rings. The van der Waals surface area contributed by atoms with Crippen LogP contribution in [-0.2, 0) is 0 Å². The topological polar surface area (TPSA) is 64.5 Å². The van der Waals surface area contributed by atoms with Crippen molar-refractivity contribution in [3.05, 3.63) is 164 Å². The van der Waals surface area contributed by atoms with E-state index < -0.39 is 0 Å². The minimum absolute atomic E-state index is 0.586. The van der Waals surface area contributed by atoms with Crippen LogP contribution in [0.25, 0.3) is 78.4 Å². The van der Waals surface area contributed by atoms with Gasteiger partial charge in [0.1, 0.15) is 0 Å². The number of aromatic nitrogens is 5. The van der Waals surface area contributed by atoms with Gasteiger partial charge in [-0.2, -0.15) is 0 Å². The van der Waals surface area contributed by atoms with Crippen molar-refractivity contribution in [2.75, 3.05) is 0 Å². The Hall–Kier alpha value is -6.33. The average molecular weight is 590 g/mol. The lowest BCUT2D eigenvalue weighted by Gasteiger charge is -2.13. The highest BCUT2D eigenvalue weighted by Gasteiger charge is 2.16. The summed E-state index contributed by atoms with van der Waals surface area (Å²) >= 11 is 0. The first-order valence-electron chi connectivity index (χ1n) is 15.2. The molecule has 8 rings (SSSR count). The second-order valence-corrected chi connectivity index (χ2v) is 11.0. The van der Waals surface area contributed by atoms with Crippen molar-refractivity contribution in [2.24, 2.45) is 0 Å². The predicted molar refractivity (Wildman–Crippen MR) is 186 cm³/mol. The van der Waals surface area contributed by atoms with Gasteiger partial charge in [-0.25, -0.2) is 15.0 Å². The Kier molecular flexibility index (Phi) is 7.09. The van der Waals surface area contributed by atoms with Crippen LogP contribution >= 0.6 is 0 Å². The van der Waals surface area contributed by atoms with Crippen LogP contribution in [0.15, 0.2) is 164 Å². The highest BCUT2D eigenvalue weighted by atomic mass is 15.0. The van der Waals surface area contributed by atoms with Crippen molar-refractivity contribution in [3.63, 3.8) is 0 Å². The van der Waals surface area contributed by atoms with Gasteiger partial charge in [0.25, 0.3) is 0 Å². The van der Waals surface area contributed by atoms with Crippen molar-refractivity contribution >= 4 is 10.8 Å². The molecule has 0 spiro atoms. The van der Waals surface area contributed by atoms with E-state index in [1.807, 2.05) is 97.5 Å². The molecule has 5 nitrogen and oxygen atoms in total. The van der Waals surface area contributed by atoms with E-state index in [9.17, 15) is 0 Å². The molecule has 8 aromatic rings. The maximum Gasteiger partial charge on any atom is 0.164 e. The molecule has 3 aromatic heterocycles. The molecule has 0 aliphatic rings. The Balaban J connectivity index is 1.37. The maximum atomic E-state index is 5.04. The fourth-order valence-electron chi connectivity index (χ4n) is 5.74. The molecule has 0 amide bonds. The van der Waals surface area contributed by atoms with E-state index in [1.54, 1.807) is 0 Å². The molecule has 0 bridgehead atoms. The van der Waals surface area contributed by atoms with Gasteiger partial charge in [0.15, 0.2) is 17.5 Å². The Morgan fingerprint density at radius 2 is 0.913 bits per heavy atom. The van der Waals surface area contributed by atoms with Gasteiger partial charge >= 0.3 is 0 Å². The number of nitrogens with zero attached hydrogens (tertiary/aromatic N) is 5. The summed E-state index contributed by atoms with van der Waals surface area (Å²) in [6.45, 7) is 0. The molecule has 5 heteroatoms. The summed E-state index contributed by atoms with van der Waals surface area (Å²) in [5.74, 6) is 1.82. The molecular formula is C41H27N5. The predicted octanol–water partition coefficient (Wildman–Crippen LogP) is 9.82. The second-order valence-electron chi connectivity index (χ2n) is 11.0. The zero-order valence-electron chi connectivity index (χ0n) is 24.8. The van der Waals surface area contributed by atoms with E-state index in [4.69, 9.17) is 19.9 Å². The van der Waals surface area contributed by atoms with Crippen LogP contribution in [0.1, 0.15) is 0 Å². The molecule has 216 valence electrons. The van der Waals surface area contributed by atoms with Gasteiger partial charge in [0.2, 0.25) is 0 Å². The lowest BCUT2D eigenvalue weighted by molar-refractivity contribution is 1.07. The quantitative estimate of drug-likeness (QED) is 0.193. The molecule has 0 radical (unpaired) electrons. The number of pyridine rings is 2. The van der Waals surface area contributed by atoms with E-state index in [-0.39, 0.29) is 0 Å². The van der Waals surface area contributed by atoms with Crippen LogP contribution in [-0.4, -0.2) is 24.9 Å². The number of hydrogen-bond acceptors (Lipinski definition) is 5. The summed E-state index contributed by atoms with van der Waals surface area (Å²) in [5, 5.41) is 2.20. The Labute approximate surface area is 267 Å². The Bertz CT molecular complexity index is 2240. The number of benzene rings is 5. The van der Waals surface area contributed by atoms with Gasteiger partial charge < -0.3 is 0 Å². The van der Waals surface area contributed by atoms with Gasteiger partial charge in [-0.15, -0.1) is 0 Å². The van der Waals surface area contributed by atoms with Crippen LogP contribution in [0.3, 0.4) is 0 Å². The number of fused-ring (bicyclic) bond motifs is 1. The smallest absolute Gasteiger partial charge is 0.164 e. The first-order chi connectivity index (χ1) is 22.8. The zero-order valence-corrected chi connectivity index (χ0v) is 24.8. The van der Waals surface area contributed by atoms with Crippen molar-refractivity contribution in [3.8, 4) is 67.7 Å². The lowest BCUT2D eigenvalue weighted by atomic mass is 9.95. The number of rotatable bonds is 6. The van der Waals surface area contributed by atoms with Gasteiger partial charge in [-0.3, -0.25) is 9.97 Å². The first kappa shape index (κ1) is 27.2. The van der Waals surface area contributed by atoms with Gasteiger partial charge in [-0.05, 0) is 52.4 Å². The summed E-state index contributed by atoms with van der Waals surface area (Å²) in [6.07, 6.45) is 5.70. The average Bonchev–Trinajstić information content (AvgIpc) is 3.15. The van der Waals surface area contributed by atoms with Crippen LogP contribution in [0.2, 0.25) is 0 Å². The van der Waals surface area contributed by atoms with E-state index in [0.29, 0.717) is 17.5 Å². The van der Waals surface area contributed by atoms with Crippen molar-refractivity contribution in [1.82, 2.24) is 24.9 Å². The minimum Gasteiger partial charge on any atom is -0.263 e. The van der Waals surface area contributed by atoms with E-state index in [0.717, 1.165) is 61.0 Å². The van der Waals surface area contributed by atoms with Crippen LogP contribution in [0, 0.1) is 0 Å². The molecule has 0 aliphatic heterocycles. The monoisotopic (exact) mass is 589 g/mol. The first-order valence-corrected chi connectivity index (χ1v) is 15.2. The summed E-state index contributed by atoms with van der Waals surface area (Å²) in [4.78, 5) is 24.4. The SMILES string of the molecule is c1ccc(-c2ccnc(-c3cc(-c4nc(-c5ccccc5)nc(-c5ccccc5)n4)cc(-c4cncc5ccccc45)c3)c2)cc1. The van der Waals surface area contributed by atoms with Crippen molar-refractivity contribution in [2.45, 2.75) is 0 Å². The van der Waals surface area contributed by atoms with E-state index >= 15 is 0 Å². The third-order valence-electron chi connectivity index (χ3n) is 8.03. The zero-order chi connectivity index (χ0) is 30.7. The normalized spacial score (nSPS) is 11.0. The minimum atomic E-state index is 0.586. The highest BCUT2D eigenvalue weighted by Crippen LogP contribution is 2.36. The maximum absolute atomic E-state index is 5.04. The van der Waals surface area contributed by atoms with Crippen LogP contribution < -0.4 is 0 Å². The summed E-state index contributed by atoms with van der Waals surface area (Å²) < 4.78 is 0. The molecule has 0 saturated heterocycles. The lowest BCUT2D eigenvalue weighted by Crippen LogP contribution is -2.00. The summed E-state index contributed by atoms with van der Waals surface area (Å²) in [6, 6.07) is 49.4. The highest BCUT2D eigenvalue weighted by molar-refractivity contribution is 5.97. The third-order valence-corrected chi connectivity index (χ3v) is 8.03. The van der Waals surface area contributed by atoms with Crippen molar-refractivity contribution < 1.29 is 0 Å². The fourth-order valence-corrected chi connectivity index (χ4v) is 5.74. The molecule has 5 aromatic carbocycles. The van der Waals surface area contributed by atoms with E-state index in [1.165, 1.54) is 0 Å². The fraction of sp³-hybridized carbons (Fsp3) is 0. The molecule has 0 N–H and O–H groups in total. The van der Waals surface area contributed by atoms with Crippen molar-refractivity contribution in [1.29, 1.82) is 0 Å². The Morgan fingerprint density at radius 3 is 1.59 bits per heavy atom. The standard InChI is InChI=1S/C41H27N5/c1-4-12-28(13-5-1)31-20-21-43-38(25-31)34-22-33(37-27-42-26-32-18-10-11-19-36(32)37)23-35(24-34)41-45-39(29-14-6-2-7-15-29)44-40(46-41)30-16-8-3-9-17-30/h1-27H. The largest absolute Gasteiger partial charge is 0.263 e. The summed E-state index contributed by atoms with van der Waals surface area (Å²) in [7, 11) is 0. The molecule has 0 unspecified atom stereocenters. The molecule has 0 saturated carbocycles.